The molecule has 1 atom stereocenters. The van der Waals surface area contributed by atoms with Crippen LogP contribution in [-0.4, -0.2) is 14.6 Å². The maximum Gasteiger partial charge on any atom is 0.796 e. The summed E-state index contributed by atoms with van der Waals surface area (Å²) in [5.74, 6) is -1.09. The quantitative estimate of drug-likeness (QED) is 0.428. The summed E-state index contributed by atoms with van der Waals surface area (Å²) in [6.07, 6.45) is 1.35. The van der Waals surface area contributed by atoms with Crippen molar-refractivity contribution in [2.24, 2.45) is 0 Å². The Bertz CT molecular complexity index is 702. The molecule has 0 saturated carbocycles. The summed E-state index contributed by atoms with van der Waals surface area (Å²) >= 11 is 0. The number of hydrogen-bond donors (Lipinski definition) is 0. The van der Waals surface area contributed by atoms with E-state index in [0.717, 1.165) is 12.1 Å². The maximum atomic E-state index is 13.1. The van der Waals surface area contributed by atoms with Gasteiger partial charge in [-0.1, -0.05) is 12.1 Å². The van der Waals surface area contributed by atoms with Crippen LogP contribution in [0, 0.1) is 11.6 Å². The number of hydrogen-bond acceptors (Lipinski definition) is 2. The topological polar surface area (TPSA) is 18.5 Å². The highest BCUT2D eigenvalue weighted by atomic mass is 19.2. The summed E-state index contributed by atoms with van der Waals surface area (Å²) in [7, 11) is -1.67. The van der Waals surface area contributed by atoms with E-state index in [-0.39, 0.29) is 11.3 Å². The van der Waals surface area contributed by atoms with E-state index in [1.54, 1.807) is 6.92 Å². The van der Waals surface area contributed by atoms with Gasteiger partial charge in [0.2, 0.25) is 0 Å². The lowest BCUT2D eigenvalue weighted by molar-refractivity contribution is 0.0455. The number of halogens is 4. The predicted octanol–water partition coefficient (Wildman–Crippen LogP) is 4.81. The van der Waals surface area contributed by atoms with Crippen LogP contribution < -0.4 is 0 Å². The van der Waals surface area contributed by atoms with E-state index in [4.69, 9.17) is 4.74 Å². The molecule has 0 spiro atoms. The Morgan fingerprint density at radius 1 is 0.958 bits per heavy atom. The molecular weight excluding hydrogens is 323 g/mol. The van der Waals surface area contributed by atoms with Gasteiger partial charge < -0.3 is 9.39 Å². The summed E-state index contributed by atoms with van der Waals surface area (Å²) in [4.78, 5) is 0. The van der Waals surface area contributed by atoms with Crippen LogP contribution in [0.1, 0.15) is 18.1 Å². The molecule has 0 bridgehead atoms. The zero-order chi connectivity index (χ0) is 17.7. The van der Waals surface area contributed by atoms with E-state index in [1.807, 2.05) is 0 Å². The third kappa shape index (κ3) is 4.38. The van der Waals surface area contributed by atoms with Crippen molar-refractivity contribution in [2.75, 3.05) is 7.11 Å². The van der Waals surface area contributed by atoms with E-state index >= 15 is 0 Å². The minimum Gasteiger partial charge on any atom is -0.505 e. The molecule has 0 aliphatic carbocycles. The Hall–Kier alpha value is -2.28. The second kappa shape index (κ2) is 7.53. The average Bonchev–Trinajstić information content (AvgIpc) is 2.55. The van der Waals surface area contributed by atoms with Crippen molar-refractivity contribution in [3.05, 3.63) is 77.4 Å². The first kappa shape index (κ1) is 18.1. The molecule has 2 nitrogen and oxygen atoms in total. The lowest BCUT2D eigenvalue weighted by Crippen LogP contribution is -2.23. The van der Waals surface area contributed by atoms with Gasteiger partial charge in [-0.15, -0.1) is 0 Å². The zero-order valence-electron chi connectivity index (χ0n) is 13.1. The predicted molar refractivity (Wildman–Crippen MR) is 84.2 cm³/mol. The van der Waals surface area contributed by atoms with Gasteiger partial charge in [-0.05, 0) is 55.0 Å². The van der Waals surface area contributed by atoms with Gasteiger partial charge >= 0.3 is 7.47 Å². The van der Waals surface area contributed by atoms with E-state index in [0.29, 0.717) is 5.56 Å². The normalized spacial score (nSPS) is 14.2. The highest BCUT2D eigenvalue weighted by Gasteiger charge is 2.28. The summed E-state index contributed by atoms with van der Waals surface area (Å²) < 4.78 is 61.7. The summed E-state index contributed by atoms with van der Waals surface area (Å²) in [6, 6.07) is 10.4. The van der Waals surface area contributed by atoms with Crippen LogP contribution in [0.5, 0.6) is 0 Å². The van der Waals surface area contributed by atoms with Crippen molar-refractivity contribution in [3.8, 4) is 0 Å². The molecule has 0 aliphatic rings. The van der Waals surface area contributed by atoms with Crippen molar-refractivity contribution in [2.45, 2.75) is 12.5 Å². The summed E-state index contributed by atoms with van der Waals surface area (Å²) in [5, 5.41) is 0. The first-order valence-corrected chi connectivity index (χ1v) is 7.09. The Kier molecular flexibility index (Phi) is 5.67. The molecule has 0 aromatic heterocycles. The molecule has 2 aromatic carbocycles. The van der Waals surface area contributed by atoms with Crippen molar-refractivity contribution in [1.29, 1.82) is 0 Å². The van der Waals surface area contributed by atoms with Crippen LogP contribution in [0.3, 0.4) is 0 Å². The number of rotatable bonds is 6. The molecule has 0 radical (unpaired) electrons. The fraction of sp³-hybridized carbons (Fsp3) is 0.176. The van der Waals surface area contributed by atoms with Gasteiger partial charge in [0.25, 0.3) is 0 Å². The number of benzene rings is 2. The largest absolute Gasteiger partial charge is 0.796 e. The lowest BCUT2D eigenvalue weighted by atomic mass is 9.93. The maximum absolute atomic E-state index is 13.1. The van der Waals surface area contributed by atoms with Gasteiger partial charge in [0.1, 0.15) is 23.0 Å². The molecule has 1 unspecified atom stereocenters. The third-order valence-electron chi connectivity index (χ3n) is 3.59. The molecule has 24 heavy (non-hydrogen) atoms. The molecule has 7 heteroatoms. The van der Waals surface area contributed by atoms with Crippen LogP contribution in [0.4, 0.5) is 17.4 Å². The summed E-state index contributed by atoms with van der Waals surface area (Å²) in [6.45, 7) is 1.62. The van der Waals surface area contributed by atoms with Gasteiger partial charge in [-0.2, -0.15) is 0 Å². The lowest BCUT2D eigenvalue weighted by Gasteiger charge is -2.26. The van der Waals surface area contributed by atoms with Gasteiger partial charge in [0.15, 0.2) is 0 Å². The van der Waals surface area contributed by atoms with Crippen LogP contribution in [0.15, 0.2) is 54.6 Å². The van der Waals surface area contributed by atoms with Crippen LogP contribution in [0.2, 0.25) is 0 Å². The highest BCUT2D eigenvalue weighted by molar-refractivity contribution is 6.36. The minimum atomic E-state index is -3.06. The molecular formula is C17H15BF4O2. The molecule has 0 heterocycles. The SMILES string of the molecule is COC(C)(/C=C(\OB(F)F)c1ccc(F)cc1)c1ccc(F)cc1. The Balaban J connectivity index is 2.48. The number of methoxy groups -OCH3 is 1. The van der Waals surface area contributed by atoms with Crippen LogP contribution in [-0.2, 0) is 15.0 Å². The fourth-order valence-electron chi connectivity index (χ4n) is 2.19. The second-order valence-corrected chi connectivity index (χ2v) is 5.21. The van der Waals surface area contributed by atoms with Gasteiger partial charge in [0, 0.05) is 12.7 Å². The second-order valence-electron chi connectivity index (χ2n) is 5.21. The molecule has 2 rings (SSSR count). The van der Waals surface area contributed by atoms with Crippen molar-refractivity contribution in [3.63, 3.8) is 0 Å². The first-order chi connectivity index (χ1) is 11.3. The Morgan fingerprint density at radius 3 is 1.92 bits per heavy atom. The van der Waals surface area contributed by atoms with Crippen LogP contribution in [0.25, 0.3) is 5.76 Å². The molecule has 0 amide bonds. The molecule has 0 aliphatic heterocycles. The van der Waals surface area contributed by atoms with E-state index in [9.17, 15) is 17.4 Å². The molecule has 0 N–H and O–H groups in total. The van der Waals surface area contributed by atoms with Crippen LogP contribution >= 0.6 is 0 Å². The Labute approximate surface area is 137 Å². The highest BCUT2D eigenvalue weighted by Crippen LogP contribution is 2.31. The molecule has 126 valence electrons. The van der Waals surface area contributed by atoms with Crippen molar-refractivity contribution >= 4 is 13.2 Å². The molecule has 0 fully saturated rings. The van der Waals surface area contributed by atoms with E-state index in [1.165, 1.54) is 49.6 Å². The third-order valence-corrected chi connectivity index (χ3v) is 3.59. The van der Waals surface area contributed by atoms with Gasteiger partial charge in [0.05, 0.1) is 0 Å². The van der Waals surface area contributed by atoms with Crippen molar-refractivity contribution < 1.29 is 26.8 Å². The van der Waals surface area contributed by atoms with Gasteiger partial charge in [-0.25, -0.2) is 17.4 Å². The first-order valence-electron chi connectivity index (χ1n) is 7.09. The zero-order valence-corrected chi connectivity index (χ0v) is 13.1. The Morgan fingerprint density at radius 2 is 1.46 bits per heavy atom. The standard InChI is InChI=1S/C17H15BF4O2/c1-17(23-2,13-5-9-15(20)10-6-13)11-16(24-18(21)22)12-3-7-14(19)8-4-12/h3-11H,1-2H3/b16-11-. The van der Waals surface area contributed by atoms with E-state index < -0.39 is 24.7 Å². The average molecular weight is 338 g/mol. The smallest absolute Gasteiger partial charge is 0.505 e. The van der Waals surface area contributed by atoms with Crippen molar-refractivity contribution in [1.82, 2.24) is 0 Å². The number of ether oxygens (including phenoxy) is 1. The van der Waals surface area contributed by atoms with Gasteiger partial charge in [-0.3, -0.25) is 0 Å². The monoisotopic (exact) mass is 338 g/mol. The molecule has 0 saturated heterocycles. The fourth-order valence-corrected chi connectivity index (χ4v) is 2.19. The minimum absolute atomic E-state index is 0.168. The van der Waals surface area contributed by atoms with E-state index in [2.05, 4.69) is 4.65 Å². The summed E-state index contributed by atoms with van der Waals surface area (Å²) in [5.41, 5.74) is -0.335. The molecule has 2 aromatic rings.